The lowest BCUT2D eigenvalue weighted by atomic mass is 10.1. The Hall–Kier alpha value is -0.980. The first kappa shape index (κ1) is 15.1. The fraction of sp³-hybridized carbons (Fsp3) is 0.833. The summed E-state index contributed by atoms with van der Waals surface area (Å²) < 4.78 is 0. The van der Waals surface area contributed by atoms with Gasteiger partial charge in [0.2, 0.25) is 0 Å². The zero-order valence-corrected chi connectivity index (χ0v) is 10.5. The average Bonchev–Trinajstić information content (AvgIpc) is 2.76. The van der Waals surface area contributed by atoms with Gasteiger partial charge in [-0.05, 0) is 32.2 Å². The van der Waals surface area contributed by atoms with Gasteiger partial charge in [-0.1, -0.05) is 6.42 Å². The molecule has 0 bridgehead atoms. The van der Waals surface area contributed by atoms with Crippen LogP contribution in [0.4, 0.5) is 0 Å². The van der Waals surface area contributed by atoms with Crippen LogP contribution in [-0.4, -0.2) is 58.6 Å². The molecule has 1 fully saturated rings. The number of aliphatic hydroxyl groups is 1. The smallest absolute Gasteiger partial charge is 0.320 e. The van der Waals surface area contributed by atoms with Gasteiger partial charge in [0.1, 0.15) is 12.3 Å². The summed E-state index contributed by atoms with van der Waals surface area (Å²) in [6.45, 7) is 0.778. The van der Waals surface area contributed by atoms with Crippen LogP contribution in [0.15, 0.2) is 0 Å². The van der Waals surface area contributed by atoms with Crippen molar-refractivity contribution in [1.29, 1.82) is 0 Å². The van der Waals surface area contributed by atoms with E-state index in [0.29, 0.717) is 19.4 Å². The van der Waals surface area contributed by atoms with E-state index in [9.17, 15) is 14.7 Å². The molecule has 1 saturated heterocycles. The molecule has 0 aromatic heterocycles. The van der Waals surface area contributed by atoms with Gasteiger partial charge in [0.15, 0.2) is 0 Å². The van der Waals surface area contributed by atoms with Gasteiger partial charge >= 0.3 is 5.97 Å². The summed E-state index contributed by atoms with van der Waals surface area (Å²) in [4.78, 5) is 23.4. The molecule has 3 atom stereocenters. The molecule has 0 radical (unpaired) electrons. The highest BCUT2D eigenvalue weighted by Gasteiger charge is 2.31. The number of unbranched alkanes of at least 4 members (excludes halogenated alkanes) is 1. The number of carboxylic acids is 1. The zero-order chi connectivity index (χ0) is 13.5. The van der Waals surface area contributed by atoms with Crippen LogP contribution < -0.4 is 5.73 Å². The topological polar surface area (TPSA) is 104 Å². The average molecular weight is 258 g/mol. The van der Waals surface area contributed by atoms with Crippen molar-refractivity contribution in [3.05, 3.63) is 0 Å². The maximum absolute atomic E-state index is 10.9. The van der Waals surface area contributed by atoms with Crippen molar-refractivity contribution in [2.75, 3.05) is 13.2 Å². The van der Waals surface area contributed by atoms with E-state index < -0.39 is 12.0 Å². The van der Waals surface area contributed by atoms with Crippen LogP contribution in [0, 0.1) is 0 Å². The number of nitrogens with zero attached hydrogens (tertiary/aromatic N) is 1. The highest BCUT2D eigenvalue weighted by molar-refractivity contribution is 5.72. The number of rotatable bonds is 8. The number of aliphatic carboxylic acids is 1. The lowest BCUT2D eigenvalue weighted by molar-refractivity contribution is -0.138. The molecule has 1 aliphatic heterocycles. The number of carbonyl (C=O) groups excluding carboxylic acids is 1. The maximum Gasteiger partial charge on any atom is 0.320 e. The predicted molar refractivity (Wildman–Crippen MR) is 66.1 cm³/mol. The number of hydrogen-bond acceptors (Lipinski definition) is 5. The van der Waals surface area contributed by atoms with Crippen molar-refractivity contribution < 1.29 is 19.8 Å². The molecule has 0 amide bonds. The molecule has 104 valence electrons. The molecule has 0 aromatic carbocycles. The summed E-state index contributed by atoms with van der Waals surface area (Å²) >= 11 is 0. The van der Waals surface area contributed by atoms with Crippen LogP contribution in [0.25, 0.3) is 0 Å². The second-order valence-electron chi connectivity index (χ2n) is 4.80. The Kier molecular flexibility index (Phi) is 6.24. The monoisotopic (exact) mass is 258 g/mol. The van der Waals surface area contributed by atoms with E-state index in [1.54, 1.807) is 0 Å². The number of hydrogen-bond donors (Lipinski definition) is 3. The number of likely N-dealkylation sites (tertiary alicyclic amines) is 1. The van der Waals surface area contributed by atoms with Crippen LogP contribution in [0.3, 0.4) is 0 Å². The van der Waals surface area contributed by atoms with Crippen molar-refractivity contribution >= 4 is 12.3 Å². The Labute approximate surface area is 107 Å². The van der Waals surface area contributed by atoms with Crippen molar-refractivity contribution in [1.82, 2.24) is 4.90 Å². The number of nitrogens with two attached hydrogens (primary N) is 1. The summed E-state index contributed by atoms with van der Waals surface area (Å²) in [5.41, 5.74) is 5.41. The minimum Gasteiger partial charge on any atom is -0.480 e. The highest BCUT2D eigenvalue weighted by Crippen LogP contribution is 2.23. The fourth-order valence-corrected chi connectivity index (χ4v) is 2.44. The third-order valence-electron chi connectivity index (χ3n) is 3.56. The Bertz CT molecular complexity index is 285. The molecule has 1 heterocycles. The molecule has 18 heavy (non-hydrogen) atoms. The summed E-state index contributed by atoms with van der Waals surface area (Å²) in [6, 6.07) is -0.845. The van der Waals surface area contributed by atoms with E-state index in [1.165, 1.54) is 0 Å². The van der Waals surface area contributed by atoms with Gasteiger partial charge in [0.25, 0.3) is 0 Å². The third-order valence-corrected chi connectivity index (χ3v) is 3.56. The van der Waals surface area contributed by atoms with Crippen LogP contribution in [0.5, 0.6) is 0 Å². The van der Waals surface area contributed by atoms with Crippen molar-refractivity contribution in [3.63, 3.8) is 0 Å². The van der Waals surface area contributed by atoms with Crippen molar-refractivity contribution in [2.24, 2.45) is 5.73 Å². The molecule has 0 aromatic rings. The van der Waals surface area contributed by atoms with E-state index in [4.69, 9.17) is 10.8 Å². The molecule has 1 aliphatic rings. The van der Waals surface area contributed by atoms with Gasteiger partial charge in [-0.3, -0.25) is 9.69 Å². The first-order valence-electron chi connectivity index (χ1n) is 6.40. The van der Waals surface area contributed by atoms with Gasteiger partial charge in [-0.25, -0.2) is 0 Å². The lowest BCUT2D eigenvalue weighted by Gasteiger charge is -2.26. The van der Waals surface area contributed by atoms with E-state index in [1.807, 2.05) is 4.90 Å². The molecule has 0 aliphatic carbocycles. The second-order valence-corrected chi connectivity index (χ2v) is 4.80. The fourth-order valence-electron chi connectivity index (χ4n) is 2.44. The molecule has 4 N–H and O–H groups in total. The Morgan fingerprint density at radius 2 is 2.17 bits per heavy atom. The number of aliphatic hydroxyl groups excluding tert-OH is 1. The minimum atomic E-state index is -0.977. The molecule has 0 spiro atoms. The minimum absolute atomic E-state index is 0.0633. The second kappa shape index (κ2) is 7.45. The zero-order valence-electron chi connectivity index (χ0n) is 10.5. The molecule has 6 nitrogen and oxygen atoms in total. The first-order valence-corrected chi connectivity index (χ1v) is 6.40. The normalized spacial score (nSPS) is 26.1. The van der Waals surface area contributed by atoms with Crippen molar-refractivity contribution in [2.45, 2.75) is 50.2 Å². The van der Waals surface area contributed by atoms with Crippen LogP contribution in [0.1, 0.15) is 32.1 Å². The van der Waals surface area contributed by atoms with E-state index >= 15 is 0 Å². The Morgan fingerprint density at radius 1 is 1.44 bits per heavy atom. The Morgan fingerprint density at radius 3 is 2.72 bits per heavy atom. The van der Waals surface area contributed by atoms with Crippen LogP contribution in [-0.2, 0) is 9.59 Å². The van der Waals surface area contributed by atoms with Crippen molar-refractivity contribution in [3.8, 4) is 0 Å². The standard InChI is InChI=1S/C12H22N2O4/c13-11(12(17)18)3-1-2-6-14-9(7-15)4-5-10(14)8-16/h7,9-11,16H,1-6,8,13H2,(H,17,18)/t9?,10?,11-/m0/s1. The molecule has 6 heteroatoms. The summed E-state index contributed by atoms with van der Waals surface area (Å²) in [7, 11) is 0. The maximum atomic E-state index is 10.9. The summed E-state index contributed by atoms with van der Waals surface area (Å²) in [5.74, 6) is -0.977. The largest absolute Gasteiger partial charge is 0.480 e. The first-order chi connectivity index (χ1) is 8.60. The predicted octanol–water partition coefficient (Wildman–Crippen LogP) is -0.407. The van der Waals surface area contributed by atoms with Gasteiger partial charge in [-0.2, -0.15) is 0 Å². The third kappa shape index (κ3) is 4.04. The molecular formula is C12H22N2O4. The van der Waals surface area contributed by atoms with Crippen LogP contribution >= 0.6 is 0 Å². The summed E-state index contributed by atoms with van der Waals surface area (Å²) in [6.07, 6.45) is 4.52. The lowest BCUT2D eigenvalue weighted by Crippen LogP contribution is -2.39. The molecule has 0 saturated carbocycles. The summed E-state index contributed by atoms with van der Waals surface area (Å²) in [5, 5.41) is 17.9. The molecule has 2 unspecified atom stereocenters. The van der Waals surface area contributed by atoms with E-state index in [0.717, 1.165) is 25.5 Å². The number of carbonyl (C=O) groups is 2. The van der Waals surface area contributed by atoms with E-state index in [2.05, 4.69) is 0 Å². The van der Waals surface area contributed by atoms with Gasteiger partial charge in [0.05, 0.1) is 12.6 Å². The number of aldehydes is 1. The van der Waals surface area contributed by atoms with E-state index in [-0.39, 0.29) is 18.7 Å². The van der Waals surface area contributed by atoms with Gasteiger partial charge in [0, 0.05) is 6.04 Å². The SMILES string of the molecule is N[C@@H](CCCCN1C(C=O)CCC1CO)C(=O)O. The quantitative estimate of drug-likeness (QED) is 0.404. The van der Waals surface area contributed by atoms with Gasteiger partial charge < -0.3 is 20.7 Å². The highest BCUT2D eigenvalue weighted by atomic mass is 16.4. The molecule has 1 rings (SSSR count). The molecular weight excluding hydrogens is 236 g/mol. The Balaban J connectivity index is 2.28. The van der Waals surface area contributed by atoms with Crippen LogP contribution in [0.2, 0.25) is 0 Å². The number of carboxylic acid groups (broad SMARTS) is 1. The van der Waals surface area contributed by atoms with Gasteiger partial charge in [-0.15, -0.1) is 0 Å².